The molecule has 0 radical (unpaired) electrons. The van der Waals surface area contributed by atoms with Gasteiger partial charge in [0.25, 0.3) is 0 Å². The Morgan fingerprint density at radius 1 is 1.27 bits per heavy atom. The number of hydrogen-bond donors (Lipinski definition) is 1. The summed E-state index contributed by atoms with van der Waals surface area (Å²) in [6.07, 6.45) is 3.37. The van der Waals surface area contributed by atoms with Crippen molar-refractivity contribution in [2.45, 2.75) is 45.8 Å². The van der Waals surface area contributed by atoms with Crippen molar-refractivity contribution in [1.82, 2.24) is 0 Å². The van der Waals surface area contributed by atoms with Crippen LogP contribution in [0, 0.1) is 0 Å². The van der Waals surface area contributed by atoms with Crippen molar-refractivity contribution in [1.29, 1.82) is 0 Å². The van der Waals surface area contributed by atoms with Crippen LogP contribution in [0.5, 0.6) is 0 Å². The molecular formula is C8H18O2Ti. The third-order valence-electron chi connectivity index (χ3n) is 1.34. The van der Waals surface area contributed by atoms with Gasteiger partial charge in [-0.25, -0.2) is 0 Å². The van der Waals surface area contributed by atoms with Gasteiger partial charge in [-0.15, -0.1) is 0 Å². The maximum atomic E-state index is 9.05. The van der Waals surface area contributed by atoms with Gasteiger partial charge in [-0.1, -0.05) is 26.7 Å². The van der Waals surface area contributed by atoms with Crippen molar-refractivity contribution in [3.8, 4) is 0 Å². The SMILES string of the molecule is CCCCOC(O)CCC.[Ti]. The number of hydrogen-bond acceptors (Lipinski definition) is 2. The van der Waals surface area contributed by atoms with Crippen LogP contribution in [0.25, 0.3) is 0 Å². The zero-order chi connectivity index (χ0) is 7.82. The number of aliphatic hydroxyl groups is 1. The number of unbranched alkanes of at least 4 members (excludes halogenated alkanes) is 1. The van der Waals surface area contributed by atoms with Gasteiger partial charge < -0.3 is 9.84 Å². The molecule has 0 bridgehead atoms. The van der Waals surface area contributed by atoms with E-state index in [4.69, 9.17) is 9.84 Å². The van der Waals surface area contributed by atoms with Gasteiger partial charge in [-0.2, -0.15) is 0 Å². The van der Waals surface area contributed by atoms with E-state index in [1.165, 1.54) is 0 Å². The summed E-state index contributed by atoms with van der Waals surface area (Å²) in [6, 6.07) is 0. The molecule has 0 aromatic carbocycles. The van der Waals surface area contributed by atoms with E-state index in [2.05, 4.69) is 6.92 Å². The van der Waals surface area contributed by atoms with E-state index in [1.807, 2.05) is 6.92 Å². The monoisotopic (exact) mass is 194 g/mol. The number of rotatable bonds is 6. The normalized spacial score (nSPS) is 12.3. The molecule has 1 atom stereocenters. The molecule has 0 aromatic heterocycles. The molecule has 3 heteroatoms. The maximum Gasteiger partial charge on any atom is 0.154 e. The summed E-state index contributed by atoms with van der Waals surface area (Å²) in [4.78, 5) is 0. The van der Waals surface area contributed by atoms with Gasteiger partial charge in [0.05, 0.1) is 0 Å². The fourth-order valence-electron chi connectivity index (χ4n) is 0.694. The molecule has 0 fully saturated rings. The molecule has 0 aliphatic carbocycles. The first kappa shape index (κ1) is 14.2. The second-order valence-corrected chi connectivity index (χ2v) is 2.47. The molecule has 0 rings (SSSR count). The zero-order valence-corrected chi connectivity index (χ0v) is 9.03. The summed E-state index contributed by atoms with van der Waals surface area (Å²) >= 11 is 0. The first-order chi connectivity index (χ1) is 4.81. The van der Waals surface area contributed by atoms with Gasteiger partial charge >= 0.3 is 0 Å². The molecule has 0 spiro atoms. The van der Waals surface area contributed by atoms with Crippen LogP contribution in [0.3, 0.4) is 0 Å². The fourth-order valence-corrected chi connectivity index (χ4v) is 0.694. The Balaban J connectivity index is 0. The van der Waals surface area contributed by atoms with Crippen molar-refractivity contribution < 1.29 is 31.6 Å². The Kier molecular flexibility index (Phi) is 13.7. The van der Waals surface area contributed by atoms with Gasteiger partial charge in [0.1, 0.15) is 0 Å². The maximum absolute atomic E-state index is 9.05. The molecule has 0 aromatic rings. The number of aliphatic hydroxyl groups excluding tert-OH is 1. The second kappa shape index (κ2) is 10.6. The van der Waals surface area contributed by atoms with Crippen molar-refractivity contribution in [2.24, 2.45) is 0 Å². The summed E-state index contributed by atoms with van der Waals surface area (Å²) in [5.41, 5.74) is 0. The van der Waals surface area contributed by atoms with Crippen molar-refractivity contribution >= 4 is 0 Å². The summed E-state index contributed by atoms with van der Waals surface area (Å²) < 4.78 is 5.08. The second-order valence-electron chi connectivity index (χ2n) is 2.47. The third-order valence-corrected chi connectivity index (χ3v) is 1.34. The van der Waals surface area contributed by atoms with Crippen molar-refractivity contribution in [3.63, 3.8) is 0 Å². The molecule has 0 saturated heterocycles. The predicted molar refractivity (Wildman–Crippen MR) is 41.8 cm³/mol. The Morgan fingerprint density at radius 3 is 2.36 bits per heavy atom. The third kappa shape index (κ3) is 10.6. The Labute approximate surface area is 84.2 Å². The zero-order valence-electron chi connectivity index (χ0n) is 7.47. The van der Waals surface area contributed by atoms with Crippen LogP contribution in [-0.2, 0) is 26.5 Å². The van der Waals surface area contributed by atoms with E-state index < -0.39 is 6.29 Å². The topological polar surface area (TPSA) is 29.5 Å². The molecule has 66 valence electrons. The average Bonchev–Trinajstić information content (AvgIpc) is 1.89. The predicted octanol–water partition coefficient (Wildman–Crippen LogP) is 1.92. The fraction of sp³-hybridized carbons (Fsp3) is 1.00. The smallest absolute Gasteiger partial charge is 0.154 e. The molecule has 1 N–H and O–H groups in total. The van der Waals surface area contributed by atoms with Crippen LogP contribution >= 0.6 is 0 Å². The van der Waals surface area contributed by atoms with Gasteiger partial charge in [0, 0.05) is 28.3 Å². The van der Waals surface area contributed by atoms with Crippen LogP contribution in [0.4, 0.5) is 0 Å². The van der Waals surface area contributed by atoms with Crippen LogP contribution in [-0.4, -0.2) is 18.0 Å². The first-order valence-corrected chi connectivity index (χ1v) is 4.11. The summed E-state index contributed by atoms with van der Waals surface area (Å²) in [5.74, 6) is 0. The summed E-state index contributed by atoms with van der Waals surface area (Å²) in [7, 11) is 0. The van der Waals surface area contributed by atoms with Gasteiger partial charge in [-0.3, -0.25) is 0 Å². The number of ether oxygens (including phenoxy) is 1. The van der Waals surface area contributed by atoms with Crippen LogP contribution in [0.2, 0.25) is 0 Å². The Morgan fingerprint density at radius 2 is 1.91 bits per heavy atom. The van der Waals surface area contributed by atoms with Crippen LogP contribution in [0.15, 0.2) is 0 Å². The molecule has 0 aliphatic rings. The van der Waals surface area contributed by atoms with Crippen LogP contribution < -0.4 is 0 Å². The van der Waals surface area contributed by atoms with Crippen molar-refractivity contribution in [2.75, 3.05) is 6.61 Å². The quantitative estimate of drug-likeness (QED) is 0.397. The minimum atomic E-state index is -0.531. The van der Waals surface area contributed by atoms with Gasteiger partial charge in [-0.05, 0) is 12.8 Å². The van der Waals surface area contributed by atoms with E-state index in [-0.39, 0.29) is 21.7 Å². The van der Waals surface area contributed by atoms with Crippen molar-refractivity contribution in [3.05, 3.63) is 0 Å². The largest absolute Gasteiger partial charge is 0.368 e. The van der Waals surface area contributed by atoms with E-state index in [0.29, 0.717) is 6.61 Å². The molecule has 0 aliphatic heterocycles. The Hall–Kier alpha value is 0.634. The average molecular weight is 194 g/mol. The van der Waals surface area contributed by atoms with Gasteiger partial charge in [0.15, 0.2) is 6.29 Å². The van der Waals surface area contributed by atoms with E-state index >= 15 is 0 Å². The van der Waals surface area contributed by atoms with Crippen LogP contribution in [0.1, 0.15) is 39.5 Å². The molecule has 1 unspecified atom stereocenters. The molecular weight excluding hydrogens is 176 g/mol. The van der Waals surface area contributed by atoms with E-state index in [9.17, 15) is 0 Å². The minimum Gasteiger partial charge on any atom is -0.368 e. The standard InChI is InChI=1S/C8H18O2.Ti/c1-3-5-7-10-8(9)6-4-2;/h8-9H,3-7H2,1-2H3;. The summed E-state index contributed by atoms with van der Waals surface area (Å²) in [5, 5.41) is 9.05. The van der Waals surface area contributed by atoms with E-state index in [1.54, 1.807) is 0 Å². The van der Waals surface area contributed by atoms with Gasteiger partial charge in [0.2, 0.25) is 0 Å². The first-order valence-electron chi connectivity index (χ1n) is 4.11. The molecule has 0 heterocycles. The molecule has 0 amide bonds. The molecule has 11 heavy (non-hydrogen) atoms. The minimum absolute atomic E-state index is 0. The summed E-state index contributed by atoms with van der Waals surface area (Å²) in [6.45, 7) is 4.83. The molecule has 0 saturated carbocycles. The Bertz CT molecular complexity index is 69.1. The van der Waals surface area contributed by atoms with E-state index in [0.717, 1.165) is 25.7 Å². The molecule has 2 nitrogen and oxygen atoms in total.